The lowest BCUT2D eigenvalue weighted by Crippen LogP contribution is -2.30. The number of amides is 2. The molecular formula is C25H24N4O2. The number of rotatable bonds is 6. The van der Waals surface area contributed by atoms with Gasteiger partial charge in [-0.15, -0.1) is 0 Å². The number of aromatic nitrogens is 1. The van der Waals surface area contributed by atoms with Gasteiger partial charge in [-0.3, -0.25) is 9.59 Å². The summed E-state index contributed by atoms with van der Waals surface area (Å²) >= 11 is 0. The average Bonchev–Trinajstić information content (AvgIpc) is 3.46. The predicted molar refractivity (Wildman–Crippen MR) is 120 cm³/mol. The summed E-state index contributed by atoms with van der Waals surface area (Å²) in [7, 11) is 0. The Bertz CT molecular complexity index is 1170. The van der Waals surface area contributed by atoms with Gasteiger partial charge < -0.3 is 14.8 Å². The second kappa shape index (κ2) is 9.31. The molecule has 0 spiro atoms. The second-order valence-electron chi connectivity index (χ2n) is 7.66. The first-order chi connectivity index (χ1) is 15.2. The second-order valence-corrected chi connectivity index (χ2v) is 7.66. The Kier molecular flexibility index (Phi) is 6.13. The standard InChI is InChI=1S/C25H24N4O2/c26-15-20(25(31)27-16-19-8-2-1-3-9-19)14-21-17-29(23-11-5-4-10-22(21)23)18-24(30)28-12-6-7-13-28/h1-5,8-11,14,17H,6-7,12-13,16,18H2,(H,27,31)/b20-14+. The van der Waals surface area contributed by atoms with Gasteiger partial charge in [-0.2, -0.15) is 5.26 Å². The summed E-state index contributed by atoms with van der Waals surface area (Å²) in [5, 5.41) is 13.3. The van der Waals surface area contributed by atoms with E-state index in [0.29, 0.717) is 6.54 Å². The summed E-state index contributed by atoms with van der Waals surface area (Å²) in [5.74, 6) is -0.328. The molecule has 3 aromatic rings. The van der Waals surface area contributed by atoms with Gasteiger partial charge in [0.15, 0.2) is 0 Å². The van der Waals surface area contributed by atoms with E-state index >= 15 is 0 Å². The van der Waals surface area contributed by atoms with Crippen LogP contribution in [0.5, 0.6) is 0 Å². The summed E-state index contributed by atoms with van der Waals surface area (Å²) in [6.45, 7) is 2.22. The molecule has 0 unspecified atom stereocenters. The third-order valence-corrected chi connectivity index (χ3v) is 5.54. The smallest absolute Gasteiger partial charge is 0.262 e. The number of hydrogen-bond donors (Lipinski definition) is 1. The largest absolute Gasteiger partial charge is 0.347 e. The van der Waals surface area contributed by atoms with Gasteiger partial charge in [0.2, 0.25) is 5.91 Å². The maximum Gasteiger partial charge on any atom is 0.262 e. The maximum atomic E-state index is 12.6. The zero-order valence-electron chi connectivity index (χ0n) is 17.3. The minimum atomic E-state index is -0.420. The highest BCUT2D eigenvalue weighted by Gasteiger charge is 2.19. The Morgan fingerprint density at radius 1 is 1.03 bits per heavy atom. The van der Waals surface area contributed by atoms with Crippen LogP contribution in [0.25, 0.3) is 17.0 Å². The van der Waals surface area contributed by atoms with Crippen molar-refractivity contribution in [3.63, 3.8) is 0 Å². The number of nitrogens with one attached hydrogen (secondary N) is 1. The van der Waals surface area contributed by atoms with Gasteiger partial charge in [-0.25, -0.2) is 0 Å². The molecule has 1 saturated heterocycles. The van der Waals surface area contributed by atoms with Crippen LogP contribution in [0.2, 0.25) is 0 Å². The van der Waals surface area contributed by atoms with Crippen molar-refractivity contribution in [2.45, 2.75) is 25.9 Å². The lowest BCUT2D eigenvalue weighted by Gasteiger charge is -2.15. The zero-order valence-corrected chi connectivity index (χ0v) is 17.3. The number of likely N-dealkylation sites (tertiary alicyclic amines) is 1. The molecule has 4 rings (SSSR count). The van der Waals surface area contributed by atoms with E-state index in [-0.39, 0.29) is 18.0 Å². The number of nitriles is 1. The Hall–Kier alpha value is -3.85. The first-order valence-corrected chi connectivity index (χ1v) is 10.5. The topological polar surface area (TPSA) is 78.1 Å². The highest BCUT2D eigenvalue weighted by molar-refractivity contribution is 6.04. The lowest BCUT2D eigenvalue weighted by atomic mass is 10.1. The number of carbonyl (C=O) groups excluding carboxylic acids is 2. The maximum absolute atomic E-state index is 12.6. The van der Waals surface area contributed by atoms with Gasteiger partial charge in [0.1, 0.15) is 18.2 Å². The fourth-order valence-corrected chi connectivity index (χ4v) is 3.91. The van der Waals surface area contributed by atoms with Crippen LogP contribution in [0.1, 0.15) is 24.0 Å². The molecule has 2 amide bonds. The number of nitrogens with zero attached hydrogens (tertiary/aromatic N) is 3. The molecular weight excluding hydrogens is 388 g/mol. The van der Waals surface area contributed by atoms with Crippen molar-refractivity contribution in [3.8, 4) is 6.07 Å². The first kappa shape index (κ1) is 20.4. The summed E-state index contributed by atoms with van der Waals surface area (Å²) in [5.41, 5.74) is 2.65. The van der Waals surface area contributed by atoms with Crippen molar-refractivity contribution in [3.05, 3.63) is 77.5 Å². The van der Waals surface area contributed by atoms with E-state index < -0.39 is 5.91 Å². The summed E-state index contributed by atoms with van der Waals surface area (Å²) in [4.78, 5) is 27.1. The van der Waals surface area contributed by atoms with Gasteiger partial charge in [0.05, 0.1) is 0 Å². The molecule has 0 bridgehead atoms. The molecule has 2 aromatic carbocycles. The van der Waals surface area contributed by atoms with E-state index in [2.05, 4.69) is 5.32 Å². The molecule has 1 N–H and O–H groups in total. The summed E-state index contributed by atoms with van der Waals surface area (Å²) in [6, 6.07) is 19.3. The lowest BCUT2D eigenvalue weighted by molar-refractivity contribution is -0.130. The minimum Gasteiger partial charge on any atom is -0.347 e. The van der Waals surface area contributed by atoms with Crippen LogP contribution >= 0.6 is 0 Å². The number of hydrogen-bond acceptors (Lipinski definition) is 3. The van der Waals surface area contributed by atoms with E-state index in [1.165, 1.54) is 0 Å². The number of para-hydroxylation sites is 1. The Balaban J connectivity index is 1.57. The number of benzene rings is 2. The molecule has 31 heavy (non-hydrogen) atoms. The minimum absolute atomic E-state index is 0.0321. The molecule has 1 aliphatic heterocycles. The molecule has 0 radical (unpaired) electrons. The Labute approximate surface area is 181 Å². The molecule has 156 valence electrons. The molecule has 0 saturated carbocycles. The van der Waals surface area contributed by atoms with Gasteiger partial charge >= 0.3 is 0 Å². The van der Waals surface area contributed by atoms with Crippen LogP contribution in [-0.4, -0.2) is 34.4 Å². The van der Waals surface area contributed by atoms with Crippen molar-refractivity contribution in [1.29, 1.82) is 5.26 Å². The van der Waals surface area contributed by atoms with E-state index in [1.54, 1.807) is 6.08 Å². The van der Waals surface area contributed by atoms with Crippen molar-refractivity contribution in [2.75, 3.05) is 13.1 Å². The van der Waals surface area contributed by atoms with Crippen molar-refractivity contribution < 1.29 is 9.59 Å². The van der Waals surface area contributed by atoms with E-state index in [0.717, 1.165) is 48.0 Å². The predicted octanol–water partition coefficient (Wildman–Crippen LogP) is 3.49. The fourth-order valence-electron chi connectivity index (χ4n) is 3.91. The van der Waals surface area contributed by atoms with Gasteiger partial charge in [0.25, 0.3) is 5.91 Å². The monoisotopic (exact) mass is 412 g/mol. The third-order valence-electron chi connectivity index (χ3n) is 5.54. The quantitative estimate of drug-likeness (QED) is 0.497. The van der Waals surface area contributed by atoms with Gasteiger partial charge in [-0.05, 0) is 30.5 Å². The number of fused-ring (bicyclic) bond motifs is 1. The molecule has 1 fully saturated rings. The highest BCUT2D eigenvalue weighted by Crippen LogP contribution is 2.24. The zero-order chi connectivity index (χ0) is 21.6. The van der Waals surface area contributed by atoms with Crippen molar-refractivity contribution in [1.82, 2.24) is 14.8 Å². The molecule has 6 nitrogen and oxygen atoms in total. The van der Waals surface area contributed by atoms with Crippen LogP contribution in [0.15, 0.2) is 66.4 Å². The molecule has 1 aliphatic rings. The van der Waals surface area contributed by atoms with Gasteiger partial charge in [0, 0.05) is 42.3 Å². The van der Waals surface area contributed by atoms with Crippen LogP contribution in [0.4, 0.5) is 0 Å². The van der Waals surface area contributed by atoms with Crippen LogP contribution in [0, 0.1) is 11.3 Å². The SMILES string of the molecule is N#C/C(=C\c1cn(CC(=O)N2CCCC2)c2ccccc12)C(=O)NCc1ccccc1. The first-order valence-electron chi connectivity index (χ1n) is 10.5. The molecule has 1 aromatic heterocycles. The normalized spacial score (nSPS) is 13.9. The summed E-state index contributed by atoms with van der Waals surface area (Å²) in [6.07, 6.45) is 5.55. The highest BCUT2D eigenvalue weighted by atomic mass is 16.2. The van der Waals surface area contributed by atoms with Crippen LogP contribution in [-0.2, 0) is 22.7 Å². The van der Waals surface area contributed by atoms with E-state index in [4.69, 9.17) is 0 Å². The molecule has 6 heteroatoms. The fraction of sp³-hybridized carbons (Fsp3) is 0.240. The van der Waals surface area contributed by atoms with E-state index in [9.17, 15) is 14.9 Å². The van der Waals surface area contributed by atoms with Crippen LogP contribution in [0.3, 0.4) is 0 Å². The van der Waals surface area contributed by atoms with Gasteiger partial charge in [-0.1, -0.05) is 48.5 Å². The van der Waals surface area contributed by atoms with Crippen molar-refractivity contribution in [2.24, 2.45) is 0 Å². The Morgan fingerprint density at radius 2 is 1.74 bits per heavy atom. The van der Waals surface area contributed by atoms with Crippen LogP contribution < -0.4 is 5.32 Å². The third kappa shape index (κ3) is 4.67. The van der Waals surface area contributed by atoms with E-state index in [1.807, 2.05) is 76.3 Å². The molecule has 2 heterocycles. The molecule has 0 aliphatic carbocycles. The Morgan fingerprint density at radius 3 is 2.48 bits per heavy atom. The average molecular weight is 412 g/mol. The summed E-state index contributed by atoms with van der Waals surface area (Å²) < 4.78 is 1.90. The number of carbonyl (C=O) groups is 2. The molecule has 0 atom stereocenters. The van der Waals surface area contributed by atoms with Crippen molar-refractivity contribution >= 4 is 28.8 Å².